The molecule has 2 heterocycles. The molecule has 2 aliphatic rings. The van der Waals surface area contributed by atoms with Crippen LogP contribution in [0.15, 0.2) is 35.4 Å². The minimum atomic E-state index is -0.412. The van der Waals surface area contributed by atoms with Crippen molar-refractivity contribution in [3.63, 3.8) is 0 Å². The number of hydrogen-bond acceptors (Lipinski definition) is 4. The molecule has 1 amide bonds. The van der Waals surface area contributed by atoms with Crippen LogP contribution in [0.1, 0.15) is 31.7 Å². The van der Waals surface area contributed by atoms with E-state index in [4.69, 9.17) is 10.3 Å². The molecule has 0 radical (unpaired) electrons. The van der Waals surface area contributed by atoms with Crippen LogP contribution >= 0.6 is 0 Å². The highest BCUT2D eigenvalue weighted by Gasteiger charge is 2.41. The van der Waals surface area contributed by atoms with Crippen LogP contribution in [0.5, 0.6) is 0 Å². The summed E-state index contributed by atoms with van der Waals surface area (Å²) < 4.78 is 5.35. The van der Waals surface area contributed by atoms with Gasteiger partial charge in [-0.1, -0.05) is 35.4 Å². The molecule has 1 N–H and O–H groups in total. The number of ether oxygens (including phenoxy) is 1. The van der Waals surface area contributed by atoms with E-state index < -0.39 is 6.09 Å². The summed E-state index contributed by atoms with van der Waals surface area (Å²) in [5.74, 6) is 0.159. The first-order valence-electron chi connectivity index (χ1n) is 8.91. The quantitative estimate of drug-likeness (QED) is 0.504. The maximum absolute atomic E-state index is 12.2. The SMILES string of the molecule is C[C@@H]1CCC2CC(CN=[N+]=[N-])C(NC(=O)OCc3ccccc3)CN21. The molecule has 0 saturated carbocycles. The zero-order chi connectivity index (χ0) is 17.6. The van der Waals surface area contributed by atoms with Crippen molar-refractivity contribution < 1.29 is 9.53 Å². The van der Waals surface area contributed by atoms with Gasteiger partial charge in [0.1, 0.15) is 6.61 Å². The van der Waals surface area contributed by atoms with E-state index in [2.05, 4.69) is 27.2 Å². The molecule has 0 aromatic heterocycles. The molecule has 0 aliphatic carbocycles. The molecule has 0 bridgehead atoms. The summed E-state index contributed by atoms with van der Waals surface area (Å²) in [6.07, 6.45) is 2.90. The number of hydrogen-bond donors (Lipinski definition) is 1. The summed E-state index contributed by atoms with van der Waals surface area (Å²) in [7, 11) is 0. The van der Waals surface area contributed by atoms with Gasteiger partial charge in [-0.05, 0) is 43.2 Å². The fourth-order valence-electron chi connectivity index (χ4n) is 4.02. The maximum Gasteiger partial charge on any atom is 0.407 e. The molecule has 25 heavy (non-hydrogen) atoms. The topological polar surface area (TPSA) is 90.3 Å². The third kappa shape index (κ3) is 4.44. The standard InChI is InChI=1S/C18H25N5O2/c1-13-7-8-16-9-15(10-20-22-19)17(11-23(13)16)21-18(24)25-12-14-5-3-2-4-6-14/h2-6,13,15-17H,7-12H2,1H3,(H,21,24)/t13-,15?,16?,17?/m1/s1. The zero-order valence-electron chi connectivity index (χ0n) is 14.5. The van der Waals surface area contributed by atoms with Gasteiger partial charge in [0.05, 0.1) is 0 Å². The van der Waals surface area contributed by atoms with Gasteiger partial charge >= 0.3 is 6.09 Å². The van der Waals surface area contributed by atoms with Crippen LogP contribution in [0.4, 0.5) is 4.79 Å². The third-order valence-corrected chi connectivity index (χ3v) is 5.40. The molecule has 2 aliphatic heterocycles. The summed E-state index contributed by atoms with van der Waals surface area (Å²) in [6.45, 7) is 3.69. The number of carbonyl (C=O) groups excluding carboxylic acids is 1. The second kappa shape index (κ2) is 8.23. The van der Waals surface area contributed by atoms with Gasteiger partial charge in [0.25, 0.3) is 0 Å². The third-order valence-electron chi connectivity index (χ3n) is 5.40. The van der Waals surface area contributed by atoms with Gasteiger partial charge < -0.3 is 10.1 Å². The first-order chi connectivity index (χ1) is 12.2. The Morgan fingerprint density at radius 2 is 2.20 bits per heavy atom. The van der Waals surface area contributed by atoms with Crippen LogP contribution in [-0.4, -0.2) is 42.2 Å². The number of alkyl carbamates (subject to hydrolysis) is 1. The lowest BCUT2D eigenvalue weighted by Crippen LogP contribution is -2.56. The van der Waals surface area contributed by atoms with Gasteiger partial charge in [-0.3, -0.25) is 4.90 Å². The fourth-order valence-corrected chi connectivity index (χ4v) is 4.02. The average Bonchev–Trinajstić information content (AvgIpc) is 2.99. The summed E-state index contributed by atoms with van der Waals surface area (Å²) in [4.78, 5) is 17.6. The van der Waals surface area contributed by atoms with Crippen molar-refractivity contribution in [2.75, 3.05) is 13.1 Å². The van der Waals surface area contributed by atoms with E-state index in [0.717, 1.165) is 18.5 Å². The molecule has 4 atom stereocenters. The fraction of sp³-hybridized carbons (Fsp3) is 0.611. The zero-order valence-corrected chi connectivity index (χ0v) is 14.5. The predicted octanol–water partition coefficient (Wildman–Crippen LogP) is 3.46. The molecular weight excluding hydrogens is 318 g/mol. The molecule has 3 rings (SSSR count). The van der Waals surface area contributed by atoms with Gasteiger partial charge in [0.2, 0.25) is 0 Å². The van der Waals surface area contributed by atoms with Gasteiger partial charge in [-0.2, -0.15) is 0 Å². The molecule has 1 aromatic carbocycles. The Labute approximate surface area is 148 Å². The summed E-state index contributed by atoms with van der Waals surface area (Å²) in [6, 6.07) is 10.6. The molecule has 2 saturated heterocycles. The van der Waals surface area contributed by atoms with E-state index in [1.807, 2.05) is 30.3 Å². The second-order valence-corrected chi connectivity index (χ2v) is 7.00. The molecule has 1 aromatic rings. The van der Waals surface area contributed by atoms with Crippen molar-refractivity contribution in [1.29, 1.82) is 0 Å². The number of nitrogens with one attached hydrogen (secondary N) is 1. The first kappa shape index (κ1) is 17.6. The van der Waals surface area contributed by atoms with E-state index >= 15 is 0 Å². The number of rotatable bonds is 5. The Morgan fingerprint density at radius 1 is 1.40 bits per heavy atom. The highest BCUT2D eigenvalue weighted by atomic mass is 16.5. The van der Waals surface area contributed by atoms with Crippen LogP contribution in [-0.2, 0) is 11.3 Å². The Bertz CT molecular complexity index is 632. The van der Waals surface area contributed by atoms with E-state index in [-0.39, 0.29) is 18.6 Å². The van der Waals surface area contributed by atoms with Crippen LogP contribution in [0, 0.1) is 5.92 Å². The van der Waals surface area contributed by atoms with Crippen LogP contribution in [0.3, 0.4) is 0 Å². The van der Waals surface area contributed by atoms with Crippen molar-refractivity contribution in [3.05, 3.63) is 46.3 Å². The van der Waals surface area contributed by atoms with E-state index in [9.17, 15) is 4.79 Å². The van der Waals surface area contributed by atoms with Crippen LogP contribution in [0.2, 0.25) is 0 Å². The van der Waals surface area contributed by atoms with Crippen molar-refractivity contribution in [1.82, 2.24) is 10.2 Å². The summed E-state index contributed by atoms with van der Waals surface area (Å²) in [5.41, 5.74) is 9.60. The van der Waals surface area contributed by atoms with Crippen molar-refractivity contribution in [3.8, 4) is 0 Å². The highest BCUT2D eigenvalue weighted by molar-refractivity contribution is 5.67. The number of benzene rings is 1. The summed E-state index contributed by atoms with van der Waals surface area (Å²) >= 11 is 0. The van der Waals surface area contributed by atoms with Gasteiger partial charge in [0.15, 0.2) is 0 Å². The number of piperidine rings is 1. The molecular formula is C18H25N5O2. The van der Waals surface area contributed by atoms with Gasteiger partial charge in [-0.25, -0.2) is 4.79 Å². The van der Waals surface area contributed by atoms with Crippen LogP contribution in [0.25, 0.3) is 10.4 Å². The molecule has 134 valence electrons. The molecule has 2 fully saturated rings. The van der Waals surface area contributed by atoms with Gasteiger partial charge in [-0.15, -0.1) is 0 Å². The Hall–Kier alpha value is -2.24. The first-order valence-corrected chi connectivity index (χ1v) is 8.91. The minimum Gasteiger partial charge on any atom is -0.445 e. The second-order valence-electron chi connectivity index (χ2n) is 7.00. The largest absolute Gasteiger partial charge is 0.445 e. The lowest BCUT2D eigenvalue weighted by Gasteiger charge is -2.42. The van der Waals surface area contributed by atoms with Gasteiger partial charge in [0, 0.05) is 36.1 Å². The van der Waals surface area contributed by atoms with Crippen molar-refractivity contribution in [2.45, 2.75) is 50.9 Å². The Balaban J connectivity index is 1.58. The monoisotopic (exact) mass is 343 g/mol. The molecule has 7 heteroatoms. The lowest BCUT2D eigenvalue weighted by atomic mass is 9.87. The van der Waals surface area contributed by atoms with E-state index in [1.165, 1.54) is 12.8 Å². The number of amides is 1. The minimum absolute atomic E-state index is 0.0504. The normalized spacial score (nSPS) is 28.7. The number of fused-ring (bicyclic) bond motifs is 1. The number of carbonyl (C=O) groups is 1. The van der Waals surface area contributed by atoms with E-state index in [0.29, 0.717) is 18.6 Å². The smallest absolute Gasteiger partial charge is 0.407 e. The van der Waals surface area contributed by atoms with Crippen molar-refractivity contribution >= 4 is 6.09 Å². The Morgan fingerprint density at radius 3 is 2.96 bits per heavy atom. The molecule has 0 spiro atoms. The Kier molecular flexibility index (Phi) is 5.79. The molecule has 3 unspecified atom stereocenters. The number of azide groups is 1. The van der Waals surface area contributed by atoms with E-state index in [1.54, 1.807) is 0 Å². The highest BCUT2D eigenvalue weighted by Crippen LogP contribution is 2.34. The van der Waals surface area contributed by atoms with Crippen molar-refractivity contribution in [2.24, 2.45) is 11.0 Å². The maximum atomic E-state index is 12.2. The van der Waals surface area contributed by atoms with Crippen LogP contribution < -0.4 is 5.32 Å². The molecule has 7 nitrogen and oxygen atoms in total. The lowest BCUT2D eigenvalue weighted by molar-refractivity contribution is 0.0792. The average molecular weight is 343 g/mol. The predicted molar refractivity (Wildman–Crippen MR) is 94.9 cm³/mol. The number of nitrogens with zero attached hydrogens (tertiary/aromatic N) is 4. The summed E-state index contributed by atoms with van der Waals surface area (Å²) in [5, 5.41) is 6.74.